The number of pyridine rings is 2. The van der Waals surface area contributed by atoms with Crippen LogP contribution in [0.3, 0.4) is 0 Å². The highest BCUT2D eigenvalue weighted by Gasteiger charge is 2.45. The number of ether oxygens (including phenoxy) is 1. The highest BCUT2D eigenvalue weighted by molar-refractivity contribution is 6.34. The van der Waals surface area contributed by atoms with Crippen molar-refractivity contribution in [3.63, 3.8) is 0 Å². The Morgan fingerprint density at radius 3 is 2.47 bits per heavy atom. The molecule has 2 saturated heterocycles. The topological polar surface area (TPSA) is 130 Å². The first-order valence-electron chi connectivity index (χ1n) is 18.3. The monoisotopic (exact) mass is 764 g/mol. The summed E-state index contributed by atoms with van der Waals surface area (Å²) in [6.45, 7) is 3.33. The van der Waals surface area contributed by atoms with E-state index < -0.39 is 23.4 Å². The van der Waals surface area contributed by atoms with Crippen LogP contribution in [0.25, 0.3) is 11.5 Å². The van der Waals surface area contributed by atoms with Crippen LogP contribution in [-0.2, 0) is 24.0 Å². The van der Waals surface area contributed by atoms with Gasteiger partial charge in [0.05, 0.1) is 28.2 Å². The van der Waals surface area contributed by atoms with Crippen molar-refractivity contribution < 1.29 is 32.3 Å². The van der Waals surface area contributed by atoms with Crippen molar-refractivity contribution in [2.75, 3.05) is 53.3 Å². The van der Waals surface area contributed by atoms with Crippen molar-refractivity contribution in [2.24, 2.45) is 5.41 Å². The van der Waals surface area contributed by atoms with Crippen molar-refractivity contribution in [1.29, 1.82) is 0 Å². The fourth-order valence-corrected chi connectivity index (χ4v) is 8.26. The second-order valence-electron chi connectivity index (χ2n) is 14.6. The zero-order chi connectivity index (χ0) is 37.8. The Bertz CT molecular complexity index is 2350. The van der Waals surface area contributed by atoms with Gasteiger partial charge in [0.15, 0.2) is 11.5 Å². The van der Waals surface area contributed by atoms with E-state index in [4.69, 9.17) is 25.7 Å². The van der Waals surface area contributed by atoms with Crippen LogP contribution in [0.15, 0.2) is 71.3 Å². The first kappa shape index (κ1) is 35.1. The van der Waals surface area contributed by atoms with Crippen LogP contribution in [0.2, 0.25) is 5.02 Å². The summed E-state index contributed by atoms with van der Waals surface area (Å²) in [5.41, 5.74) is 4.40. The van der Waals surface area contributed by atoms with Gasteiger partial charge in [-0.15, -0.1) is 0 Å². The Balaban J connectivity index is 0.930. The lowest BCUT2D eigenvalue weighted by atomic mass is 9.73. The molecule has 2 fully saturated rings. The molecule has 3 aromatic heterocycles. The van der Waals surface area contributed by atoms with Gasteiger partial charge in [-0.25, -0.2) is 18.7 Å². The summed E-state index contributed by atoms with van der Waals surface area (Å²) in [5.74, 6) is -2.04. The van der Waals surface area contributed by atoms with Gasteiger partial charge in [-0.3, -0.25) is 14.4 Å². The molecule has 14 heteroatoms. The van der Waals surface area contributed by atoms with E-state index in [0.717, 1.165) is 75.9 Å². The maximum Gasteiger partial charge on any atom is 0.291 e. The zero-order valence-corrected chi connectivity index (χ0v) is 30.3. The predicted octanol–water partition coefficient (Wildman–Crippen LogP) is 7.48. The lowest BCUT2D eigenvalue weighted by Gasteiger charge is -2.53. The number of hydrogen-bond donors (Lipinski definition) is 2. The van der Waals surface area contributed by atoms with Gasteiger partial charge < -0.3 is 29.6 Å². The number of furan rings is 1. The number of halogens is 3. The van der Waals surface area contributed by atoms with Crippen LogP contribution in [0, 0.1) is 17.0 Å². The summed E-state index contributed by atoms with van der Waals surface area (Å²) < 4.78 is 40.6. The number of aryl methyl sites for hydroxylation is 2. The third-order valence-electron chi connectivity index (χ3n) is 11.0. The minimum Gasteiger partial charge on any atom is -0.449 e. The average molecular weight is 765 g/mol. The summed E-state index contributed by atoms with van der Waals surface area (Å²) in [5, 5.41) is 5.46. The number of rotatable bonds is 6. The molecule has 9 rings (SSSR count). The van der Waals surface area contributed by atoms with E-state index in [-0.39, 0.29) is 57.9 Å². The summed E-state index contributed by atoms with van der Waals surface area (Å²) in [7, 11) is 0. The molecule has 0 bridgehead atoms. The SMILES string of the molecule is O=C(Nc1c(F)cccc1Cl)c1cc2c(o1)-c1ncc(F)cc1N(C(=O)c1ccc(NC(=O)c3cc4c(nc3N3CC5(CCOCC5)C3)CCC4)cc1)CC2. The fourth-order valence-electron chi connectivity index (χ4n) is 8.05. The molecular formula is C41H35ClF2N6O5. The number of carbonyl (C=O) groups excluding carboxylic acids is 3. The second kappa shape index (κ2) is 13.9. The number of benzene rings is 2. The number of nitrogens with one attached hydrogen (secondary N) is 2. The highest BCUT2D eigenvalue weighted by Crippen LogP contribution is 2.43. The number of carbonyl (C=O) groups is 3. The summed E-state index contributed by atoms with van der Waals surface area (Å²) in [6.07, 6.45) is 6.07. The van der Waals surface area contributed by atoms with Crippen molar-refractivity contribution in [2.45, 2.75) is 38.5 Å². The Kier molecular flexibility index (Phi) is 8.85. The molecule has 5 aromatic rings. The smallest absolute Gasteiger partial charge is 0.291 e. The molecule has 2 N–H and O–H groups in total. The average Bonchev–Trinajstić information content (AvgIpc) is 3.79. The summed E-state index contributed by atoms with van der Waals surface area (Å²) in [4.78, 5) is 53.8. The number of fused-ring (bicyclic) bond motifs is 4. The maximum absolute atomic E-state index is 14.7. The van der Waals surface area contributed by atoms with Gasteiger partial charge in [0.1, 0.15) is 23.1 Å². The van der Waals surface area contributed by atoms with E-state index in [0.29, 0.717) is 28.2 Å². The van der Waals surface area contributed by atoms with Gasteiger partial charge in [0, 0.05) is 66.8 Å². The van der Waals surface area contributed by atoms with Crippen molar-refractivity contribution >= 4 is 52.2 Å². The van der Waals surface area contributed by atoms with Crippen LogP contribution in [-0.4, -0.2) is 60.5 Å². The summed E-state index contributed by atoms with van der Waals surface area (Å²) in [6, 6.07) is 15.2. The van der Waals surface area contributed by atoms with Gasteiger partial charge in [-0.1, -0.05) is 17.7 Å². The number of nitrogens with zero attached hydrogens (tertiary/aromatic N) is 4. The van der Waals surface area contributed by atoms with Crippen LogP contribution < -0.4 is 20.4 Å². The number of para-hydroxylation sites is 1. The molecule has 2 aromatic carbocycles. The lowest BCUT2D eigenvalue weighted by Crippen LogP contribution is -2.59. The molecule has 0 saturated carbocycles. The largest absolute Gasteiger partial charge is 0.449 e. The van der Waals surface area contributed by atoms with Gasteiger partial charge in [0.2, 0.25) is 0 Å². The number of hydrogen-bond acceptors (Lipinski definition) is 8. The van der Waals surface area contributed by atoms with Gasteiger partial charge in [-0.2, -0.15) is 0 Å². The molecule has 280 valence electrons. The van der Waals surface area contributed by atoms with Crippen LogP contribution in [0.4, 0.5) is 31.7 Å². The van der Waals surface area contributed by atoms with E-state index in [1.54, 1.807) is 24.3 Å². The van der Waals surface area contributed by atoms with Gasteiger partial charge >= 0.3 is 0 Å². The molecule has 0 radical (unpaired) electrons. The minimum atomic E-state index is -0.739. The van der Waals surface area contributed by atoms with E-state index in [1.165, 1.54) is 35.2 Å². The quantitative estimate of drug-likeness (QED) is 0.182. The highest BCUT2D eigenvalue weighted by atomic mass is 35.5. The van der Waals surface area contributed by atoms with Crippen LogP contribution >= 0.6 is 11.6 Å². The third-order valence-corrected chi connectivity index (χ3v) is 11.3. The maximum atomic E-state index is 14.7. The van der Waals surface area contributed by atoms with Crippen LogP contribution in [0.5, 0.6) is 0 Å². The molecule has 3 aliphatic heterocycles. The Morgan fingerprint density at radius 2 is 1.69 bits per heavy atom. The Hall–Kier alpha value is -5.66. The van der Waals surface area contributed by atoms with Crippen LogP contribution in [0.1, 0.15) is 67.4 Å². The minimum absolute atomic E-state index is 0.0184. The van der Waals surface area contributed by atoms with E-state index in [2.05, 4.69) is 20.5 Å². The normalized spacial score (nSPS) is 16.8. The van der Waals surface area contributed by atoms with E-state index in [9.17, 15) is 23.2 Å². The number of amides is 3. The first-order chi connectivity index (χ1) is 26.6. The predicted molar refractivity (Wildman–Crippen MR) is 202 cm³/mol. The lowest BCUT2D eigenvalue weighted by molar-refractivity contribution is -0.000521. The van der Waals surface area contributed by atoms with E-state index >= 15 is 0 Å². The summed E-state index contributed by atoms with van der Waals surface area (Å²) >= 11 is 6.09. The first-order valence-corrected chi connectivity index (χ1v) is 18.7. The third kappa shape index (κ3) is 6.50. The van der Waals surface area contributed by atoms with Gasteiger partial charge in [0.25, 0.3) is 17.7 Å². The fraction of sp³-hybridized carbons (Fsp3) is 0.293. The molecule has 1 aliphatic carbocycles. The molecular weight excluding hydrogens is 730 g/mol. The zero-order valence-electron chi connectivity index (χ0n) is 29.6. The van der Waals surface area contributed by atoms with Crippen molar-refractivity contribution in [3.05, 3.63) is 117 Å². The molecule has 4 aliphatic rings. The number of aromatic nitrogens is 2. The standard InChI is InChI=1S/C41H35ClF2N6O5/c42-29-4-2-5-30(44)34(29)48-39(52)33-18-25-11-14-50(32-19-26(43)20-45-35(32)36(25)55-33)40(53)23-7-9-27(10-8-23)46-38(51)28-17-24-3-1-6-31(24)47-37(28)49-21-41(22-49)12-15-54-16-13-41/h2,4-5,7-10,17-20H,1,3,6,11-16,21-22H2,(H,46,51)(H,48,52). The molecule has 55 heavy (non-hydrogen) atoms. The van der Waals surface area contributed by atoms with Crippen molar-refractivity contribution in [3.8, 4) is 11.5 Å². The molecule has 11 nitrogen and oxygen atoms in total. The Morgan fingerprint density at radius 1 is 0.891 bits per heavy atom. The van der Waals surface area contributed by atoms with Crippen molar-refractivity contribution in [1.82, 2.24) is 9.97 Å². The second-order valence-corrected chi connectivity index (χ2v) is 15.0. The Labute approximate surface area is 319 Å². The molecule has 6 heterocycles. The number of anilines is 4. The molecule has 1 spiro atoms. The van der Waals surface area contributed by atoms with Gasteiger partial charge in [-0.05, 0) is 92.6 Å². The molecule has 0 atom stereocenters. The molecule has 0 unspecified atom stereocenters. The molecule has 3 amide bonds. The van der Waals surface area contributed by atoms with E-state index in [1.807, 2.05) is 6.07 Å².